The molecule has 0 heterocycles. The molecule has 0 aromatic carbocycles. The molecule has 0 bridgehead atoms. The van der Waals surface area contributed by atoms with Crippen molar-refractivity contribution in [1.29, 1.82) is 0 Å². The monoisotopic (exact) mass is 293 g/mol. The van der Waals surface area contributed by atoms with Crippen molar-refractivity contribution in [2.24, 2.45) is 5.92 Å². The molecule has 5 nitrogen and oxygen atoms in total. The van der Waals surface area contributed by atoms with E-state index in [4.69, 9.17) is 0 Å². The lowest BCUT2D eigenvalue weighted by atomic mass is 10.1. The van der Waals surface area contributed by atoms with E-state index < -0.39 is 10.0 Å². The van der Waals surface area contributed by atoms with E-state index in [0.717, 1.165) is 13.1 Å². The SMILES string of the molecule is CC(C)NCCCS(=O)(=O)NC(CN(C)C)C(C)C. The van der Waals surface area contributed by atoms with Crippen LogP contribution < -0.4 is 10.0 Å². The van der Waals surface area contributed by atoms with Crippen molar-refractivity contribution >= 4 is 10.0 Å². The second kappa shape index (κ2) is 8.89. The third-order valence-electron chi connectivity index (χ3n) is 2.84. The molecule has 0 aliphatic heterocycles. The van der Waals surface area contributed by atoms with Crippen molar-refractivity contribution in [2.75, 3.05) is 32.9 Å². The first-order valence-electron chi connectivity index (χ1n) is 7.02. The second-order valence-electron chi connectivity index (χ2n) is 6.01. The van der Waals surface area contributed by atoms with Crippen LogP contribution >= 0.6 is 0 Å². The maximum Gasteiger partial charge on any atom is 0.211 e. The molecule has 0 radical (unpaired) electrons. The average Bonchev–Trinajstić information content (AvgIpc) is 2.22. The van der Waals surface area contributed by atoms with E-state index in [1.807, 2.05) is 32.8 Å². The van der Waals surface area contributed by atoms with Crippen LogP contribution in [-0.2, 0) is 10.0 Å². The quantitative estimate of drug-likeness (QED) is 0.587. The molecule has 1 unspecified atom stereocenters. The highest BCUT2D eigenvalue weighted by Crippen LogP contribution is 2.05. The molecule has 2 N–H and O–H groups in total. The Hall–Kier alpha value is -0.170. The Labute approximate surface area is 119 Å². The van der Waals surface area contributed by atoms with Crippen LogP contribution in [0.1, 0.15) is 34.1 Å². The lowest BCUT2D eigenvalue weighted by molar-refractivity contribution is 0.314. The standard InChI is InChI=1S/C13H31N3O2S/c1-11(2)13(10-16(5)6)15-19(17,18)9-7-8-14-12(3)4/h11-15H,7-10H2,1-6H3. The van der Waals surface area contributed by atoms with Crippen LogP contribution in [0.4, 0.5) is 0 Å². The molecule has 0 aliphatic carbocycles. The van der Waals surface area contributed by atoms with Gasteiger partial charge in [-0.3, -0.25) is 0 Å². The molecule has 116 valence electrons. The highest BCUT2D eigenvalue weighted by molar-refractivity contribution is 7.89. The summed E-state index contributed by atoms with van der Waals surface area (Å²) in [7, 11) is 0.723. The van der Waals surface area contributed by atoms with Crippen molar-refractivity contribution in [3.63, 3.8) is 0 Å². The first-order chi connectivity index (χ1) is 8.64. The highest BCUT2D eigenvalue weighted by Gasteiger charge is 2.20. The fourth-order valence-electron chi connectivity index (χ4n) is 1.72. The van der Waals surface area contributed by atoms with E-state index in [0.29, 0.717) is 12.5 Å². The summed E-state index contributed by atoms with van der Waals surface area (Å²) in [5.74, 6) is 0.467. The van der Waals surface area contributed by atoms with Crippen LogP contribution in [-0.4, -0.2) is 58.3 Å². The van der Waals surface area contributed by atoms with Gasteiger partial charge in [-0.2, -0.15) is 0 Å². The lowest BCUT2D eigenvalue weighted by Gasteiger charge is -2.25. The van der Waals surface area contributed by atoms with Crippen LogP contribution in [0, 0.1) is 5.92 Å². The minimum atomic E-state index is -3.19. The number of sulfonamides is 1. The first kappa shape index (κ1) is 18.8. The van der Waals surface area contributed by atoms with Crippen LogP contribution in [0.2, 0.25) is 0 Å². The zero-order valence-electron chi connectivity index (χ0n) is 13.2. The van der Waals surface area contributed by atoms with Gasteiger partial charge in [0.15, 0.2) is 0 Å². The second-order valence-corrected chi connectivity index (χ2v) is 7.89. The number of likely N-dealkylation sites (N-methyl/N-ethyl adjacent to an activating group) is 1. The maximum absolute atomic E-state index is 12.0. The number of nitrogens with zero attached hydrogens (tertiary/aromatic N) is 1. The zero-order chi connectivity index (χ0) is 15.1. The summed E-state index contributed by atoms with van der Waals surface area (Å²) in [6, 6.07) is 0.367. The normalized spacial score (nSPS) is 14.6. The zero-order valence-corrected chi connectivity index (χ0v) is 14.0. The fourth-order valence-corrected chi connectivity index (χ4v) is 3.17. The number of hydrogen-bond donors (Lipinski definition) is 2. The third kappa shape index (κ3) is 10.3. The minimum absolute atomic E-state index is 0.0296. The van der Waals surface area contributed by atoms with Gasteiger partial charge in [0.1, 0.15) is 0 Å². The van der Waals surface area contributed by atoms with Crippen LogP contribution in [0.3, 0.4) is 0 Å². The molecular weight excluding hydrogens is 262 g/mol. The first-order valence-corrected chi connectivity index (χ1v) is 8.67. The van der Waals surface area contributed by atoms with Gasteiger partial charge in [-0.15, -0.1) is 0 Å². The average molecular weight is 293 g/mol. The molecule has 0 aromatic rings. The van der Waals surface area contributed by atoms with Crippen molar-refractivity contribution in [3.8, 4) is 0 Å². The smallest absolute Gasteiger partial charge is 0.211 e. The van der Waals surface area contributed by atoms with Gasteiger partial charge in [0, 0.05) is 18.6 Å². The predicted molar refractivity (Wildman–Crippen MR) is 81.9 cm³/mol. The molecule has 0 aliphatic rings. The van der Waals surface area contributed by atoms with Gasteiger partial charge in [-0.05, 0) is 33.0 Å². The molecule has 0 spiro atoms. The van der Waals surface area contributed by atoms with Crippen molar-refractivity contribution in [3.05, 3.63) is 0 Å². The van der Waals surface area contributed by atoms with Crippen molar-refractivity contribution < 1.29 is 8.42 Å². The summed E-state index contributed by atoms with van der Waals surface area (Å²) in [5, 5.41) is 3.23. The molecule has 0 fully saturated rings. The minimum Gasteiger partial charge on any atom is -0.314 e. The van der Waals surface area contributed by atoms with E-state index in [-0.39, 0.29) is 17.7 Å². The number of nitrogens with one attached hydrogen (secondary N) is 2. The Morgan fingerprint density at radius 2 is 1.68 bits per heavy atom. The van der Waals surface area contributed by atoms with E-state index in [2.05, 4.69) is 23.9 Å². The molecule has 0 saturated heterocycles. The van der Waals surface area contributed by atoms with Gasteiger partial charge < -0.3 is 10.2 Å². The van der Waals surface area contributed by atoms with Crippen molar-refractivity contribution in [1.82, 2.24) is 14.9 Å². The van der Waals surface area contributed by atoms with Crippen molar-refractivity contribution in [2.45, 2.75) is 46.2 Å². The summed E-state index contributed by atoms with van der Waals surface area (Å²) in [5.41, 5.74) is 0. The Morgan fingerprint density at radius 3 is 2.11 bits per heavy atom. The van der Waals surface area contributed by atoms with E-state index >= 15 is 0 Å². The van der Waals surface area contributed by atoms with Gasteiger partial charge in [0.25, 0.3) is 0 Å². The molecular formula is C13H31N3O2S. The molecule has 0 amide bonds. The Bertz CT molecular complexity index is 327. The van der Waals surface area contributed by atoms with Crippen LogP contribution in [0.5, 0.6) is 0 Å². The number of rotatable bonds is 10. The van der Waals surface area contributed by atoms with Gasteiger partial charge in [0.05, 0.1) is 5.75 Å². The summed E-state index contributed by atoms with van der Waals surface area (Å²) in [4.78, 5) is 2.01. The fraction of sp³-hybridized carbons (Fsp3) is 1.00. The third-order valence-corrected chi connectivity index (χ3v) is 4.33. The topological polar surface area (TPSA) is 61.4 Å². The largest absolute Gasteiger partial charge is 0.314 e. The maximum atomic E-state index is 12.0. The Kier molecular flexibility index (Phi) is 8.81. The Balaban J connectivity index is 4.24. The summed E-state index contributed by atoms with van der Waals surface area (Å²) >= 11 is 0. The lowest BCUT2D eigenvalue weighted by Crippen LogP contribution is -2.45. The Morgan fingerprint density at radius 1 is 1.11 bits per heavy atom. The van der Waals surface area contributed by atoms with Crippen LogP contribution in [0.25, 0.3) is 0 Å². The number of hydrogen-bond acceptors (Lipinski definition) is 4. The van der Waals surface area contributed by atoms with Gasteiger partial charge in [0.2, 0.25) is 10.0 Å². The van der Waals surface area contributed by atoms with Gasteiger partial charge in [-0.25, -0.2) is 13.1 Å². The van der Waals surface area contributed by atoms with Gasteiger partial charge in [-0.1, -0.05) is 27.7 Å². The highest BCUT2D eigenvalue weighted by atomic mass is 32.2. The van der Waals surface area contributed by atoms with Crippen LogP contribution in [0.15, 0.2) is 0 Å². The summed E-state index contributed by atoms with van der Waals surface area (Å²) < 4.78 is 26.8. The molecule has 1 atom stereocenters. The molecule has 0 aromatic heterocycles. The van der Waals surface area contributed by atoms with E-state index in [1.54, 1.807) is 0 Å². The molecule has 0 rings (SSSR count). The summed E-state index contributed by atoms with van der Waals surface area (Å²) in [6.07, 6.45) is 0.639. The van der Waals surface area contributed by atoms with E-state index in [9.17, 15) is 8.42 Å². The molecule has 19 heavy (non-hydrogen) atoms. The van der Waals surface area contributed by atoms with E-state index in [1.165, 1.54) is 0 Å². The predicted octanol–water partition coefficient (Wildman–Crippen LogP) is 0.880. The summed E-state index contributed by atoms with van der Waals surface area (Å²) in [6.45, 7) is 9.64. The molecule has 0 saturated carbocycles. The van der Waals surface area contributed by atoms with Gasteiger partial charge >= 0.3 is 0 Å². The molecule has 6 heteroatoms.